The van der Waals surface area contributed by atoms with E-state index in [0.29, 0.717) is 60.8 Å². The molecule has 3 aromatic heterocycles. The van der Waals surface area contributed by atoms with Crippen molar-refractivity contribution in [2.24, 2.45) is 0 Å². The third kappa shape index (κ3) is 3.91. The fourth-order valence-corrected chi connectivity index (χ4v) is 3.60. The molecule has 10 heteroatoms. The lowest BCUT2D eigenvalue weighted by atomic mass is 10.1. The van der Waals surface area contributed by atoms with Gasteiger partial charge in [-0.3, -0.25) is 9.78 Å². The minimum absolute atomic E-state index is 0.190. The van der Waals surface area contributed by atoms with Crippen molar-refractivity contribution >= 4 is 34.9 Å². The molecule has 0 bridgehead atoms. The van der Waals surface area contributed by atoms with Crippen molar-refractivity contribution in [1.29, 1.82) is 0 Å². The molecule has 5 rings (SSSR count). The molecule has 0 unspecified atom stereocenters. The summed E-state index contributed by atoms with van der Waals surface area (Å²) in [4.78, 5) is 35.4. The van der Waals surface area contributed by atoms with Crippen LogP contribution < -0.4 is 16.0 Å². The van der Waals surface area contributed by atoms with E-state index in [-0.39, 0.29) is 5.95 Å². The SMILES string of the molecule is Nc1ncc(-c2nc(N3CCOCC3)c3ncc(-c4cccc(NC=O)c4)cc3n2)cn1. The Labute approximate surface area is 183 Å². The number of nitrogen functional groups attached to an aromatic ring is 1. The first-order chi connectivity index (χ1) is 15.7. The van der Waals surface area contributed by atoms with Crippen molar-refractivity contribution in [2.75, 3.05) is 42.3 Å². The van der Waals surface area contributed by atoms with Crippen LogP contribution in [0.15, 0.2) is 48.9 Å². The summed E-state index contributed by atoms with van der Waals surface area (Å²) in [5, 5.41) is 2.67. The number of carbonyl (C=O) groups excluding carboxylic acids is 1. The largest absolute Gasteiger partial charge is 0.378 e. The number of nitrogens with one attached hydrogen (secondary N) is 1. The highest BCUT2D eigenvalue weighted by Gasteiger charge is 2.20. The van der Waals surface area contributed by atoms with Crippen LogP contribution in [-0.2, 0) is 9.53 Å². The maximum Gasteiger partial charge on any atom is 0.219 e. The normalized spacial score (nSPS) is 13.8. The van der Waals surface area contributed by atoms with Crippen molar-refractivity contribution in [3.63, 3.8) is 0 Å². The number of hydrogen-bond acceptors (Lipinski definition) is 9. The maximum atomic E-state index is 10.8. The lowest BCUT2D eigenvalue weighted by Gasteiger charge is -2.28. The Morgan fingerprint density at radius 1 is 0.969 bits per heavy atom. The first-order valence-electron chi connectivity index (χ1n) is 10.1. The van der Waals surface area contributed by atoms with Crippen LogP contribution in [0.1, 0.15) is 0 Å². The quantitative estimate of drug-likeness (QED) is 0.459. The first-order valence-corrected chi connectivity index (χ1v) is 10.1. The summed E-state index contributed by atoms with van der Waals surface area (Å²) in [5.74, 6) is 1.43. The molecule has 0 spiro atoms. The zero-order valence-electron chi connectivity index (χ0n) is 17.1. The van der Waals surface area contributed by atoms with Gasteiger partial charge >= 0.3 is 0 Å². The van der Waals surface area contributed by atoms with Gasteiger partial charge in [-0.15, -0.1) is 0 Å². The average Bonchev–Trinajstić information content (AvgIpc) is 2.84. The molecule has 1 aliphatic rings. The Morgan fingerprint density at radius 2 is 1.75 bits per heavy atom. The van der Waals surface area contributed by atoms with E-state index in [0.717, 1.165) is 16.9 Å². The van der Waals surface area contributed by atoms with Crippen molar-refractivity contribution in [3.05, 3.63) is 48.9 Å². The number of fused-ring (bicyclic) bond motifs is 1. The summed E-state index contributed by atoms with van der Waals surface area (Å²) >= 11 is 0. The highest BCUT2D eigenvalue weighted by atomic mass is 16.5. The summed E-state index contributed by atoms with van der Waals surface area (Å²) in [6, 6.07) is 9.51. The molecule has 1 amide bonds. The lowest BCUT2D eigenvalue weighted by molar-refractivity contribution is -0.105. The number of hydrogen-bond donors (Lipinski definition) is 2. The zero-order chi connectivity index (χ0) is 21.9. The van der Waals surface area contributed by atoms with Crippen molar-refractivity contribution in [1.82, 2.24) is 24.9 Å². The Hall–Kier alpha value is -4.18. The Kier molecular flexibility index (Phi) is 5.26. The number of rotatable bonds is 5. The number of ether oxygens (including phenoxy) is 1. The van der Waals surface area contributed by atoms with E-state index in [1.807, 2.05) is 30.3 Å². The number of morpholine rings is 1. The summed E-state index contributed by atoms with van der Waals surface area (Å²) in [6.07, 6.45) is 5.67. The van der Waals surface area contributed by atoms with Crippen LogP contribution in [0, 0.1) is 0 Å². The van der Waals surface area contributed by atoms with Crippen molar-refractivity contribution in [3.8, 4) is 22.5 Å². The monoisotopic (exact) mass is 428 g/mol. The standard InChI is InChI=1S/C22H20N8O2/c23-22-25-11-16(12-26-22)20-28-18-9-15(14-2-1-3-17(8-14)27-13-31)10-24-19(18)21(29-20)30-4-6-32-7-5-30/h1-3,8-13H,4-7H2,(H,27,31)(H2,23,25,26). The smallest absolute Gasteiger partial charge is 0.219 e. The van der Waals surface area contributed by atoms with Gasteiger partial charge in [0, 0.05) is 42.9 Å². The van der Waals surface area contributed by atoms with Crippen LogP contribution in [0.25, 0.3) is 33.5 Å². The first kappa shape index (κ1) is 19.8. The van der Waals surface area contributed by atoms with Gasteiger partial charge in [0.15, 0.2) is 11.6 Å². The summed E-state index contributed by atoms with van der Waals surface area (Å²) in [7, 11) is 0. The molecule has 1 aliphatic heterocycles. The van der Waals surface area contributed by atoms with Gasteiger partial charge < -0.3 is 20.7 Å². The topological polar surface area (TPSA) is 132 Å². The van der Waals surface area contributed by atoms with Gasteiger partial charge in [-0.25, -0.2) is 19.9 Å². The molecule has 1 fully saturated rings. The summed E-state index contributed by atoms with van der Waals surface area (Å²) in [6.45, 7) is 2.68. The van der Waals surface area contributed by atoms with E-state index >= 15 is 0 Å². The van der Waals surface area contributed by atoms with Gasteiger partial charge in [-0.1, -0.05) is 12.1 Å². The molecule has 32 heavy (non-hydrogen) atoms. The van der Waals surface area contributed by atoms with Gasteiger partial charge in [-0.05, 0) is 23.8 Å². The van der Waals surface area contributed by atoms with Gasteiger partial charge in [-0.2, -0.15) is 0 Å². The maximum absolute atomic E-state index is 10.8. The third-order valence-corrected chi connectivity index (χ3v) is 5.18. The fourth-order valence-electron chi connectivity index (χ4n) is 3.60. The third-order valence-electron chi connectivity index (χ3n) is 5.18. The molecule has 0 saturated carbocycles. The van der Waals surface area contributed by atoms with Crippen LogP contribution in [0.3, 0.4) is 0 Å². The van der Waals surface area contributed by atoms with Crippen molar-refractivity contribution < 1.29 is 9.53 Å². The molecule has 0 aliphatic carbocycles. The molecule has 4 aromatic rings. The highest BCUT2D eigenvalue weighted by molar-refractivity contribution is 5.90. The van der Waals surface area contributed by atoms with E-state index in [4.69, 9.17) is 25.4 Å². The molecule has 4 heterocycles. The molecule has 0 radical (unpaired) electrons. The Balaban J connectivity index is 1.65. The number of carbonyl (C=O) groups is 1. The second-order valence-electron chi connectivity index (χ2n) is 7.23. The van der Waals surface area contributed by atoms with Crippen LogP contribution >= 0.6 is 0 Å². The van der Waals surface area contributed by atoms with Crippen LogP contribution in [0.5, 0.6) is 0 Å². The van der Waals surface area contributed by atoms with Crippen LogP contribution in [-0.4, -0.2) is 57.6 Å². The minimum Gasteiger partial charge on any atom is -0.378 e. The van der Waals surface area contributed by atoms with Gasteiger partial charge in [0.2, 0.25) is 12.4 Å². The Bertz CT molecular complexity index is 1270. The Morgan fingerprint density at radius 3 is 2.53 bits per heavy atom. The average molecular weight is 428 g/mol. The lowest BCUT2D eigenvalue weighted by Crippen LogP contribution is -2.37. The molecule has 160 valence electrons. The fraction of sp³-hybridized carbons (Fsp3) is 0.182. The molecular weight excluding hydrogens is 408 g/mol. The number of nitrogens with two attached hydrogens (primary N) is 1. The van der Waals surface area contributed by atoms with Gasteiger partial charge in [0.05, 0.1) is 24.3 Å². The number of aromatic nitrogens is 5. The van der Waals surface area contributed by atoms with E-state index in [2.05, 4.69) is 20.2 Å². The van der Waals surface area contributed by atoms with E-state index < -0.39 is 0 Å². The number of nitrogens with zero attached hydrogens (tertiary/aromatic N) is 6. The molecular formula is C22H20N8O2. The molecule has 0 atom stereocenters. The summed E-state index contributed by atoms with van der Waals surface area (Å²) in [5.41, 5.74) is 10.2. The number of anilines is 3. The number of pyridine rings is 1. The molecule has 1 aromatic carbocycles. The van der Waals surface area contributed by atoms with Gasteiger partial charge in [0.1, 0.15) is 5.52 Å². The number of benzene rings is 1. The van der Waals surface area contributed by atoms with Crippen molar-refractivity contribution in [2.45, 2.75) is 0 Å². The second kappa shape index (κ2) is 8.52. The van der Waals surface area contributed by atoms with E-state index in [1.165, 1.54) is 0 Å². The van der Waals surface area contributed by atoms with Gasteiger partial charge in [0.25, 0.3) is 0 Å². The summed E-state index contributed by atoms with van der Waals surface area (Å²) < 4.78 is 5.50. The predicted molar refractivity (Wildman–Crippen MR) is 121 cm³/mol. The van der Waals surface area contributed by atoms with Crippen LogP contribution in [0.4, 0.5) is 17.5 Å². The number of amides is 1. The highest BCUT2D eigenvalue weighted by Crippen LogP contribution is 2.30. The van der Waals surface area contributed by atoms with E-state index in [1.54, 1.807) is 18.6 Å². The molecule has 10 nitrogen and oxygen atoms in total. The minimum atomic E-state index is 0.190. The zero-order valence-corrected chi connectivity index (χ0v) is 17.1. The predicted octanol–water partition coefficient (Wildman–Crippen LogP) is 2.14. The molecule has 3 N–H and O–H groups in total. The van der Waals surface area contributed by atoms with E-state index in [9.17, 15) is 4.79 Å². The molecule has 1 saturated heterocycles. The van der Waals surface area contributed by atoms with Crippen LogP contribution in [0.2, 0.25) is 0 Å². The second-order valence-corrected chi connectivity index (χ2v) is 7.23.